The summed E-state index contributed by atoms with van der Waals surface area (Å²) in [5.74, 6) is 1.13. The summed E-state index contributed by atoms with van der Waals surface area (Å²) < 4.78 is 4.74. The number of nitrogens with two attached hydrogens (primary N) is 1. The first-order valence-corrected chi connectivity index (χ1v) is 13.4. The van der Waals surface area contributed by atoms with Gasteiger partial charge in [-0.05, 0) is 70.0 Å². The highest BCUT2D eigenvalue weighted by molar-refractivity contribution is 8.00. The van der Waals surface area contributed by atoms with Gasteiger partial charge >= 0.3 is 6.09 Å². The Balaban J connectivity index is 2.04. The molecule has 0 aromatic carbocycles. The van der Waals surface area contributed by atoms with E-state index in [1.807, 2.05) is 34.6 Å². The standard InChI is InChI=1S/C24H44N4O4S/c1-6-33-24(4,5)20(27-23(31)32-15-16(2)3)22(30)28-13-7-8-19(28)21(29)26-14-17-9-11-18(25)12-10-17/h16-20H,6-15,25H2,1-5H3,(H,26,29)(H,27,31)/t17?,18?,19-,20-/m0/s1. The van der Waals surface area contributed by atoms with Crippen LogP contribution >= 0.6 is 11.8 Å². The number of carbonyl (C=O) groups is 3. The van der Waals surface area contributed by atoms with Crippen LogP contribution in [0.2, 0.25) is 0 Å². The van der Waals surface area contributed by atoms with Crippen molar-refractivity contribution in [1.82, 2.24) is 15.5 Å². The van der Waals surface area contributed by atoms with E-state index in [0.717, 1.165) is 37.9 Å². The molecule has 4 N–H and O–H groups in total. The fourth-order valence-electron chi connectivity index (χ4n) is 4.61. The van der Waals surface area contributed by atoms with Gasteiger partial charge in [0.05, 0.1) is 6.61 Å². The first-order chi connectivity index (χ1) is 15.5. The minimum Gasteiger partial charge on any atom is -0.449 e. The average molecular weight is 485 g/mol. The molecular weight excluding hydrogens is 440 g/mol. The number of carbonyl (C=O) groups excluding carboxylic acids is 3. The molecule has 1 heterocycles. The molecule has 8 nitrogen and oxygen atoms in total. The van der Waals surface area contributed by atoms with Gasteiger partial charge in [-0.15, -0.1) is 0 Å². The van der Waals surface area contributed by atoms with E-state index in [4.69, 9.17) is 10.5 Å². The summed E-state index contributed by atoms with van der Waals surface area (Å²) in [7, 11) is 0. The number of amides is 3. The van der Waals surface area contributed by atoms with E-state index in [0.29, 0.717) is 25.4 Å². The number of nitrogens with zero attached hydrogens (tertiary/aromatic N) is 1. The number of hydrogen-bond donors (Lipinski definition) is 3. The molecule has 190 valence electrons. The molecule has 1 aliphatic heterocycles. The molecule has 1 saturated heterocycles. The van der Waals surface area contributed by atoms with E-state index >= 15 is 0 Å². The van der Waals surface area contributed by atoms with Gasteiger partial charge in [0, 0.05) is 23.9 Å². The van der Waals surface area contributed by atoms with Crippen LogP contribution in [0.25, 0.3) is 0 Å². The second-order valence-corrected chi connectivity index (χ2v) is 12.2. The predicted octanol–water partition coefficient (Wildman–Crippen LogP) is 2.89. The van der Waals surface area contributed by atoms with Crippen LogP contribution in [0.5, 0.6) is 0 Å². The molecule has 0 bridgehead atoms. The molecule has 3 amide bonds. The molecule has 2 aliphatic rings. The molecule has 0 aromatic heterocycles. The highest BCUT2D eigenvalue weighted by Crippen LogP contribution is 2.31. The fraction of sp³-hybridized carbons (Fsp3) is 0.875. The lowest BCUT2D eigenvalue weighted by Crippen LogP contribution is -2.60. The van der Waals surface area contributed by atoms with Crippen molar-refractivity contribution in [2.24, 2.45) is 17.6 Å². The highest BCUT2D eigenvalue weighted by atomic mass is 32.2. The molecular formula is C24H44N4O4S. The average Bonchev–Trinajstić information content (AvgIpc) is 3.25. The number of thioether (sulfide) groups is 1. The van der Waals surface area contributed by atoms with E-state index < -0.39 is 22.9 Å². The second kappa shape index (κ2) is 12.8. The lowest BCUT2D eigenvalue weighted by Gasteiger charge is -2.37. The summed E-state index contributed by atoms with van der Waals surface area (Å²) in [5, 5.41) is 5.88. The zero-order chi connectivity index (χ0) is 24.6. The SMILES string of the molecule is CCSC(C)(C)[C@@H](NC(=O)OCC(C)C)C(=O)N1CCC[C@H]1C(=O)NCC1CCC(N)CC1. The van der Waals surface area contributed by atoms with E-state index in [2.05, 4.69) is 10.6 Å². The lowest BCUT2D eigenvalue weighted by molar-refractivity contribution is -0.140. The lowest BCUT2D eigenvalue weighted by atomic mass is 9.86. The van der Waals surface area contributed by atoms with Crippen LogP contribution in [0.1, 0.15) is 73.1 Å². The smallest absolute Gasteiger partial charge is 0.407 e. The molecule has 33 heavy (non-hydrogen) atoms. The monoisotopic (exact) mass is 484 g/mol. The van der Waals surface area contributed by atoms with Gasteiger partial charge in [0.1, 0.15) is 12.1 Å². The predicted molar refractivity (Wildman–Crippen MR) is 133 cm³/mol. The van der Waals surface area contributed by atoms with Gasteiger partial charge in [0.2, 0.25) is 11.8 Å². The molecule has 0 aromatic rings. The third-order valence-corrected chi connectivity index (χ3v) is 7.83. The van der Waals surface area contributed by atoms with E-state index in [-0.39, 0.29) is 30.4 Å². The van der Waals surface area contributed by atoms with Crippen LogP contribution in [0.3, 0.4) is 0 Å². The van der Waals surface area contributed by atoms with Crippen molar-refractivity contribution in [3.8, 4) is 0 Å². The molecule has 2 rings (SSSR count). The molecule has 9 heteroatoms. The van der Waals surface area contributed by atoms with Crippen molar-refractivity contribution in [2.45, 2.75) is 96.0 Å². The topological polar surface area (TPSA) is 114 Å². The van der Waals surface area contributed by atoms with Gasteiger partial charge in [0.15, 0.2) is 0 Å². The Morgan fingerprint density at radius 1 is 1.15 bits per heavy atom. The minimum absolute atomic E-state index is 0.0993. The van der Waals surface area contributed by atoms with Gasteiger partial charge in [-0.3, -0.25) is 9.59 Å². The summed E-state index contributed by atoms with van der Waals surface area (Å²) in [6, 6.07) is -1.00. The van der Waals surface area contributed by atoms with Crippen LogP contribution in [0.15, 0.2) is 0 Å². The molecule has 0 radical (unpaired) electrons. The van der Waals surface area contributed by atoms with Crippen molar-refractivity contribution < 1.29 is 19.1 Å². The number of likely N-dealkylation sites (tertiary alicyclic amines) is 1. The van der Waals surface area contributed by atoms with Crippen LogP contribution in [0.4, 0.5) is 4.79 Å². The molecule has 2 atom stereocenters. The summed E-state index contributed by atoms with van der Waals surface area (Å²) in [4.78, 5) is 40.8. The molecule has 0 unspecified atom stereocenters. The van der Waals surface area contributed by atoms with Crippen LogP contribution in [-0.4, -0.2) is 71.1 Å². The number of ether oxygens (including phenoxy) is 1. The maximum absolute atomic E-state index is 13.6. The number of rotatable bonds is 10. The van der Waals surface area contributed by atoms with Crippen molar-refractivity contribution in [1.29, 1.82) is 0 Å². The third-order valence-electron chi connectivity index (χ3n) is 6.56. The van der Waals surface area contributed by atoms with Crippen molar-refractivity contribution in [3.63, 3.8) is 0 Å². The highest BCUT2D eigenvalue weighted by Gasteiger charge is 2.44. The first kappa shape index (κ1) is 27.8. The second-order valence-electron chi connectivity index (χ2n) is 10.3. The Kier molecular flexibility index (Phi) is 10.8. The van der Waals surface area contributed by atoms with Gasteiger partial charge in [-0.25, -0.2) is 4.79 Å². The molecule has 0 spiro atoms. The van der Waals surface area contributed by atoms with Crippen molar-refractivity contribution in [3.05, 3.63) is 0 Å². The summed E-state index contributed by atoms with van der Waals surface area (Å²) in [6.07, 6.45) is 4.87. The Morgan fingerprint density at radius 3 is 2.42 bits per heavy atom. The van der Waals surface area contributed by atoms with Gasteiger partial charge in [-0.2, -0.15) is 11.8 Å². The summed E-state index contributed by atoms with van der Waals surface area (Å²) in [5.41, 5.74) is 5.98. The van der Waals surface area contributed by atoms with Crippen LogP contribution in [0, 0.1) is 11.8 Å². The molecule has 1 saturated carbocycles. The minimum atomic E-state index is -0.782. The van der Waals surface area contributed by atoms with Gasteiger partial charge in [0.25, 0.3) is 0 Å². The number of alkyl carbamates (subject to hydrolysis) is 1. The van der Waals surface area contributed by atoms with Gasteiger partial charge in [-0.1, -0.05) is 20.8 Å². The summed E-state index contributed by atoms with van der Waals surface area (Å²) in [6.45, 7) is 11.3. The van der Waals surface area contributed by atoms with Crippen LogP contribution < -0.4 is 16.4 Å². The Morgan fingerprint density at radius 2 is 1.82 bits per heavy atom. The maximum atomic E-state index is 13.6. The normalized spacial score (nSPS) is 24.5. The van der Waals surface area contributed by atoms with E-state index in [9.17, 15) is 14.4 Å². The number of hydrogen-bond acceptors (Lipinski definition) is 6. The van der Waals surface area contributed by atoms with E-state index in [1.165, 1.54) is 0 Å². The zero-order valence-corrected chi connectivity index (χ0v) is 21.8. The maximum Gasteiger partial charge on any atom is 0.407 e. The van der Waals surface area contributed by atoms with Gasteiger partial charge < -0.3 is 26.0 Å². The van der Waals surface area contributed by atoms with Crippen LogP contribution in [-0.2, 0) is 14.3 Å². The first-order valence-electron chi connectivity index (χ1n) is 12.5. The molecule has 1 aliphatic carbocycles. The largest absolute Gasteiger partial charge is 0.449 e. The Bertz CT molecular complexity index is 665. The third kappa shape index (κ3) is 8.35. The quantitative estimate of drug-likeness (QED) is 0.439. The van der Waals surface area contributed by atoms with E-state index in [1.54, 1.807) is 16.7 Å². The Labute approximate surface area is 203 Å². The fourth-order valence-corrected chi connectivity index (χ4v) is 5.68. The Hall–Kier alpha value is -1.48. The zero-order valence-electron chi connectivity index (χ0n) is 21.0. The van der Waals surface area contributed by atoms with Crippen molar-refractivity contribution >= 4 is 29.7 Å². The number of nitrogens with one attached hydrogen (secondary N) is 2. The summed E-state index contributed by atoms with van der Waals surface area (Å²) >= 11 is 1.61. The molecule has 2 fully saturated rings. The van der Waals surface area contributed by atoms with Crippen molar-refractivity contribution in [2.75, 3.05) is 25.4 Å².